The molecule has 4 nitrogen and oxygen atoms in total. The van der Waals surface area contributed by atoms with Crippen molar-refractivity contribution in [2.45, 2.75) is 70.4 Å². The van der Waals surface area contributed by atoms with Crippen molar-refractivity contribution in [1.82, 2.24) is 10.6 Å². The van der Waals surface area contributed by atoms with E-state index in [1.807, 2.05) is 0 Å². The Labute approximate surface area is 134 Å². The van der Waals surface area contributed by atoms with Crippen LogP contribution < -0.4 is 10.6 Å². The molecule has 8 heteroatoms. The predicted molar refractivity (Wildman–Crippen MR) is 78.9 cm³/mol. The molecule has 2 unspecified atom stereocenters. The Morgan fingerprint density at radius 1 is 1.22 bits per heavy atom. The summed E-state index contributed by atoms with van der Waals surface area (Å²) in [5.74, 6) is -4.12. The van der Waals surface area contributed by atoms with Crippen LogP contribution in [0.1, 0.15) is 46.5 Å². The second-order valence-corrected chi connectivity index (χ2v) is 6.98. The molecule has 1 rings (SSSR count). The second-order valence-electron chi connectivity index (χ2n) is 6.98. The summed E-state index contributed by atoms with van der Waals surface area (Å²) >= 11 is 0. The average molecular weight is 342 g/mol. The van der Waals surface area contributed by atoms with E-state index in [9.17, 15) is 22.4 Å². The molecule has 1 aliphatic carbocycles. The molecule has 1 aliphatic rings. The number of alkyl halides is 4. The maximum Gasteiger partial charge on any atom is 0.407 e. The minimum Gasteiger partial charge on any atom is -0.444 e. The van der Waals surface area contributed by atoms with Crippen LogP contribution in [0.4, 0.5) is 22.4 Å². The summed E-state index contributed by atoms with van der Waals surface area (Å²) in [6.07, 6.45) is -1.12. The zero-order chi connectivity index (χ0) is 17.7. The minimum absolute atomic E-state index is 0.0789. The number of alkyl carbamates (subject to hydrolysis) is 1. The molecule has 0 aliphatic heterocycles. The first-order valence-electron chi connectivity index (χ1n) is 7.87. The van der Waals surface area contributed by atoms with Crippen molar-refractivity contribution in [1.29, 1.82) is 0 Å². The van der Waals surface area contributed by atoms with Gasteiger partial charge in [-0.25, -0.2) is 13.6 Å². The van der Waals surface area contributed by atoms with Crippen LogP contribution in [0.15, 0.2) is 0 Å². The van der Waals surface area contributed by atoms with Gasteiger partial charge in [-0.15, -0.1) is 0 Å². The third-order valence-electron chi connectivity index (χ3n) is 3.74. The van der Waals surface area contributed by atoms with Crippen molar-refractivity contribution >= 4 is 6.09 Å². The molecule has 136 valence electrons. The van der Waals surface area contributed by atoms with Crippen molar-refractivity contribution in [2.24, 2.45) is 5.92 Å². The molecule has 0 aromatic heterocycles. The van der Waals surface area contributed by atoms with Crippen molar-refractivity contribution in [2.75, 3.05) is 13.1 Å². The smallest absolute Gasteiger partial charge is 0.407 e. The molecule has 1 saturated carbocycles. The summed E-state index contributed by atoms with van der Waals surface area (Å²) in [6.45, 7) is 4.43. The lowest BCUT2D eigenvalue weighted by Crippen LogP contribution is -2.49. The zero-order valence-electron chi connectivity index (χ0n) is 13.8. The van der Waals surface area contributed by atoms with Crippen LogP contribution in [0.5, 0.6) is 0 Å². The van der Waals surface area contributed by atoms with Gasteiger partial charge in [-0.05, 0) is 39.5 Å². The van der Waals surface area contributed by atoms with Crippen LogP contribution in [-0.2, 0) is 4.74 Å². The van der Waals surface area contributed by atoms with Crippen LogP contribution in [0.25, 0.3) is 0 Å². The maximum absolute atomic E-state index is 13.0. The molecule has 2 atom stereocenters. The van der Waals surface area contributed by atoms with E-state index in [1.54, 1.807) is 20.8 Å². The summed E-state index contributed by atoms with van der Waals surface area (Å²) < 4.78 is 55.6. The van der Waals surface area contributed by atoms with Gasteiger partial charge in [0.05, 0.1) is 6.54 Å². The Bertz CT molecular complexity index is 386. The summed E-state index contributed by atoms with van der Waals surface area (Å²) in [5.41, 5.74) is -0.617. The van der Waals surface area contributed by atoms with Crippen LogP contribution >= 0.6 is 0 Å². The lowest BCUT2D eigenvalue weighted by atomic mass is 9.84. The van der Waals surface area contributed by atoms with E-state index in [1.165, 1.54) is 0 Å². The number of hydrogen-bond donors (Lipinski definition) is 2. The highest BCUT2D eigenvalue weighted by atomic mass is 19.3. The Morgan fingerprint density at radius 3 is 2.39 bits per heavy atom. The van der Waals surface area contributed by atoms with Gasteiger partial charge < -0.3 is 15.4 Å². The molecule has 0 heterocycles. The third kappa shape index (κ3) is 7.37. The van der Waals surface area contributed by atoms with Gasteiger partial charge in [-0.1, -0.05) is 12.8 Å². The lowest BCUT2D eigenvalue weighted by molar-refractivity contribution is -0.127. The molecule has 0 bridgehead atoms. The highest BCUT2D eigenvalue weighted by Gasteiger charge is 2.41. The lowest BCUT2D eigenvalue weighted by Gasteiger charge is -2.33. The van der Waals surface area contributed by atoms with E-state index < -0.39 is 30.6 Å². The summed E-state index contributed by atoms with van der Waals surface area (Å²) in [4.78, 5) is 11.6. The van der Waals surface area contributed by atoms with Gasteiger partial charge in [0.1, 0.15) is 5.60 Å². The highest BCUT2D eigenvalue weighted by Crippen LogP contribution is 2.26. The van der Waals surface area contributed by atoms with E-state index in [-0.39, 0.29) is 18.5 Å². The SMILES string of the molecule is CC(C)(C)OC(=O)NCC1CCCCC1NCC(F)(F)C(F)F. The number of halogens is 4. The quantitative estimate of drug-likeness (QED) is 0.726. The number of amides is 1. The van der Waals surface area contributed by atoms with E-state index >= 15 is 0 Å². The van der Waals surface area contributed by atoms with Crippen LogP contribution in [0.2, 0.25) is 0 Å². The van der Waals surface area contributed by atoms with Crippen molar-refractivity contribution in [3.63, 3.8) is 0 Å². The fourth-order valence-electron chi connectivity index (χ4n) is 2.59. The molecule has 0 saturated heterocycles. The molecule has 0 aromatic rings. The Balaban J connectivity index is 2.47. The summed E-state index contributed by atoms with van der Waals surface area (Å²) in [5, 5.41) is 5.17. The molecule has 0 radical (unpaired) electrons. The van der Waals surface area contributed by atoms with Crippen LogP contribution in [0.3, 0.4) is 0 Å². The first-order chi connectivity index (χ1) is 10.5. The highest BCUT2D eigenvalue weighted by molar-refractivity contribution is 5.67. The van der Waals surface area contributed by atoms with Crippen molar-refractivity contribution in [3.05, 3.63) is 0 Å². The minimum atomic E-state index is -4.04. The van der Waals surface area contributed by atoms with Crippen LogP contribution in [0, 0.1) is 5.92 Å². The molecule has 0 aromatic carbocycles. The molecule has 1 amide bonds. The van der Waals surface area contributed by atoms with Crippen LogP contribution in [-0.4, -0.2) is 43.2 Å². The number of ether oxygens (including phenoxy) is 1. The Morgan fingerprint density at radius 2 is 1.83 bits per heavy atom. The molecule has 23 heavy (non-hydrogen) atoms. The molecule has 1 fully saturated rings. The van der Waals surface area contributed by atoms with Crippen molar-refractivity contribution < 1.29 is 27.1 Å². The van der Waals surface area contributed by atoms with E-state index in [2.05, 4.69) is 10.6 Å². The molecule has 2 N–H and O–H groups in total. The van der Waals surface area contributed by atoms with E-state index in [0.29, 0.717) is 6.42 Å². The zero-order valence-corrected chi connectivity index (χ0v) is 13.8. The molecular formula is C15H26F4N2O2. The number of rotatable bonds is 6. The number of carbonyl (C=O) groups excluding carboxylic acids is 1. The van der Waals surface area contributed by atoms with E-state index in [4.69, 9.17) is 4.74 Å². The predicted octanol–water partition coefficient (Wildman–Crippen LogP) is 3.56. The van der Waals surface area contributed by atoms with Crippen molar-refractivity contribution in [3.8, 4) is 0 Å². The van der Waals surface area contributed by atoms with Gasteiger partial charge in [0.2, 0.25) is 0 Å². The largest absolute Gasteiger partial charge is 0.444 e. The Hall–Kier alpha value is -1.05. The van der Waals surface area contributed by atoms with Gasteiger partial charge in [-0.2, -0.15) is 8.78 Å². The number of carbonyl (C=O) groups is 1. The average Bonchev–Trinajstić information content (AvgIpc) is 2.41. The van der Waals surface area contributed by atoms with Gasteiger partial charge in [0.15, 0.2) is 0 Å². The number of hydrogen-bond acceptors (Lipinski definition) is 3. The first-order valence-corrected chi connectivity index (χ1v) is 7.87. The van der Waals surface area contributed by atoms with E-state index in [0.717, 1.165) is 19.3 Å². The molecular weight excluding hydrogens is 316 g/mol. The third-order valence-corrected chi connectivity index (χ3v) is 3.74. The first kappa shape index (κ1) is 20.0. The fraction of sp³-hybridized carbons (Fsp3) is 0.933. The van der Waals surface area contributed by atoms with Gasteiger partial charge in [0, 0.05) is 12.6 Å². The summed E-state index contributed by atoms with van der Waals surface area (Å²) in [6, 6.07) is -0.316. The topological polar surface area (TPSA) is 50.4 Å². The number of nitrogens with one attached hydrogen (secondary N) is 2. The normalized spacial score (nSPS) is 23.0. The van der Waals surface area contributed by atoms with Gasteiger partial charge in [0.25, 0.3) is 0 Å². The van der Waals surface area contributed by atoms with Gasteiger partial charge in [-0.3, -0.25) is 0 Å². The maximum atomic E-state index is 13.0. The standard InChI is InChI=1S/C15H26F4N2O2/c1-14(2,3)23-13(22)20-8-10-6-4-5-7-11(10)21-9-15(18,19)12(16)17/h10-12,21H,4-9H2,1-3H3,(H,20,22). The Kier molecular flexibility index (Phi) is 7.10. The molecule has 0 spiro atoms. The van der Waals surface area contributed by atoms with Gasteiger partial charge >= 0.3 is 18.4 Å². The summed E-state index contributed by atoms with van der Waals surface area (Å²) in [7, 11) is 0. The fourth-order valence-corrected chi connectivity index (χ4v) is 2.59. The second kappa shape index (κ2) is 8.17. The monoisotopic (exact) mass is 342 g/mol.